The SMILES string of the molecule is COc1ccc2cc3[n+](cc2c1OC)CCc1cc2c(cc1-3)OCO2.COc1ccc2cc3[n+](cc2c1OC)CCc1cc2c(cc1-3)OCO2.O=S(=O)([O-])OS(=O)(=O)[O-]. The Morgan fingerprint density at radius 3 is 1.27 bits per heavy atom. The van der Waals surface area contributed by atoms with Crippen molar-refractivity contribution < 1.29 is 76.6 Å². The molecule has 0 unspecified atom stereocenters. The molecule has 0 saturated carbocycles. The molecule has 308 valence electrons. The van der Waals surface area contributed by atoms with Gasteiger partial charge >= 0.3 is 0 Å². The lowest BCUT2D eigenvalue weighted by Crippen LogP contribution is -2.40. The molecule has 0 spiro atoms. The molecule has 0 radical (unpaired) electrons. The van der Waals surface area contributed by atoms with Crippen LogP contribution in [0.4, 0.5) is 0 Å². The average molecular weight is 849 g/mol. The molecule has 19 heteroatoms. The van der Waals surface area contributed by atoms with Crippen molar-refractivity contribution >= 4 is 42.3 Å². The molecule has 10 rings (SSSR count). The molecule has 6 aromatic rings. The van der Waals surface area contributed by atoms with E-state index >= 15 is 0 Å². The summed E-state index contributed by atoms with van der Waals surface area (Å²) in [5.41, 5.74) is 7.35. The topological polar surface area (TPSA) is 205 Å². The van der Waals surface area contributed by atoms with Crippen LogP contribution >= 0.6 is 0 Å². The monoisotopic (exact) mass is 848 g/mol. The first-order valence-electron chi connectivity index (χ1n) is 17.9. The second kappa shape index (κ2) is 15.6. The lowest BCUT2D eigenvalue weighted by molar-refractivity contribution is -0.686. The van der Waals surface area contributed by atoms with E-state index in [1.54, 1.807) is 28.4 Å². The van der Waals surface area contributed by atoms with Crippen molar-refractivity contribution in [2.45, 2.75) is 25.9 Å². The maximum absolute atomic E-state index is 9.29. The number of nitrogens with zero attached hydrogens (tertiary/aromatic N) is 2. The zero-order valence-corrected chi connectivity index (χ0v) is 33.6. The lowest BCUT2D eigenvalue weighted by atomic mass is 9.95. The summed E-state index contributed by atoms with van der Waals surface area (Å²) < 4.78 is 107. The van der Waals surface area contributed by atoms with Crippen LogP contribution in [-0.2, 0) is 50.4 Å². The van der Waals surface area contributed by atoms with Crippen molar-refractivity contribution in [2.75, 3.05) is 42.0 Å². The smallest absolute Gasteiger partial charge is 0.231 e. The molecule has 17 nitrogen and oxygen atoms in total. The molecular formula is C40H36N2O15S2. The summed E-state index contributed by atoms with van der Waals surface area (Å²) >= 11 is 0. The number of aromatic nitrogens is 2. The summed E-state index contributed by atoms with van der Waals surface area (Å²) in [5, 5.41) is 4.34. The third-order valence-corrected chi connectivity index (χ3v) is 11.5. The number of methoxy groups -OCH3 is 4. The Bertz CT molecular complexity index is 2690. The number of rotatable bonds is 6. The molecule has 59 heavy (non-hydrogen) atoms. The first-order chi connectivity index (χ1) is 28.3. The molecule has 4 aromatic carbocycles. The molecule has 0 atom stereocenters. The fraction of sp³-hybridized carbons (Fsp3) is 0.250. The van der Waals surface area contributed by atoms with Crippen LogP contribution in [0.5, 0.6) is 46.0 Å². The van der Waals surface area contributed by atoms with Gasteiger partial charge < -0.3 is 47.0 Å². The highest BCUT2D eigenvalue weighted by atomic mass is 32.3. The van der Waals surface area contributed by atoms with Crippen LogP contribution in [0.2, 0.25) is 0 Å². The molecule has 0 amide bonds. The summed E-state index contributed by atoms with van der Waals surface area (Å²) in [4.78, 5) is 0. The van der Waals surface area contributed by atoms with Crippen LogP contribution in [0.15, 0.2) is 73.1 Å². The van der Waals surface area contributed by atoms with Gasteiger partial charge in [0.25, 0.3) is 0 Å². The van der Waals surface area contributed by atoms with E-state index in [1.807, 2.05) is 12.1 Å². The highest BCUT2D eigenvalue weighted by Crippen LogP contribution is 2.43. The largest absolute Gasteiger partial charge is 0.725 e. The Morgan fingerprint density at radius 1 is 0.542 bits per heavy atom. The normalized spacial score (nSPS) is 14.1. The van der Waals surface area contributed by atoms with Crippen molar-refractivity contribution in [1.82, 2.24) is 0 Å². The minimum Gasteiger partial charge on any atom is -0.725 e. The maximum Gasteiger partial charge on any atom is 0.231 e. The zero-order chi connectivity index (χ0) is 41.6. The van der Waals surface area contributed by atoms with Gasteiger partial charge in [-0.3, -0.25) is 0 Å². The van der Waals surface area contributed by atoms with E-state index in [0.717, 1.165) is 93.5 Å². The van der Waals surface area contributed by atoms with Gasteiger partial charge in [0, 0.05) is 25.0 Å². The standard InChI is InChI=1S/2C20H18NO4.H2O7S2/c2*1-22-17-4-3-12-7-16-14-9-19-18(24-11-25-19)8-13(14)5-6-21(16)10-15(12)20(17)23-2;1-8(2,3)7-9(4,5)6/h2*3-4,7-10H,5-6,11H2,1-2H3;(H,1,2,3)(H,4,5,6)/q2*+1;/p-2. The van der Waals surface area contributed by atoms with Gasteiger partial charge in [-0.25, -0.2) is 16.8 Å². The van der Waals surface area contributed by atoms with E-state index in [2.05, 4.69) is 73.7 Å². The lowest BCUT2D eigenvalue weighted by Gasteiger charge is -2.17. The van der Waals surface area contributed by atoms with E-state index in [4.69, 9.17) is 37.9 Å². The molecule has 0 fully saturated rings. The Labute approximate surface area is 338 Å². The second-order valence-electron chi connectivity index (χ2n) is 13.4. The number of hydrogen-bond donors (Lipinski definition) is 0. The van der Waals surface area contributed by atoms with E-state index < -0.39 is 20.8 Å². The predicted octanol–water partition coefficient (Wildman–Crippen LogP) is 4.12. The minimum atomic E-state index is -5.43. The Kier molecular flexibility index (Phi) is 10.5. The van der Waals surface area contributed by atoms with E-state index in [9.17, 15) is 25.9 Å². The van der Waals surface area contributed by atoms with Crippen molar-refractivity contribution in [3.63, 3.8) is 0 Å². The maximum atomic E-state index is 9.29. The van der Waals surface area contributed by atoms with Gasteiger partial charge in [0.15, 0.2) is 71.5 Å². The minimum absolute atomic E-state index is 0.299. The highest BCUT2D eigenvalue weighted by molar-refractivity contribution is 7.94. The number of hydrogen-bond acceptors (Lipinski definition) is 15. The van der Waals surface area contributed by atoms with Crippen molar-refractivity contribution in [3.05, 3.63) is 84.2 Å². The molecule has 0 N–H and O–H groups in total. The van der Waals surface area contributed by atoms with Crippen LogP contribution < -0.4 is 47.0 Å². The van der Waals surface area contributed by atoms with Gasteiger partial charge in [0.2, 0.25) is 45.8 Å². The predicted molar refractivity (Wildman–Crippen MR) is 205 cm³/mol. The first-order valence-corrected chi connectivity index (χ1v) is 20.6. The quantitative estimate of drug-likeness (QED) is 0.131. The van der Waals surface area contributed by atoms with Crippen LogP contribution in [0.1, 0.15) is 11.1 Å². The molecule has 4 aliphatic rings. The fourth-order valence-electron chi connectivity index (χ4n) is 7.64. The van der Waals surface area contributed by atoms with E-state index in [-0.39, 0.29) is 0 Å². The number of benzene rings is 4. The average Bonchev–Trinajstić information content (AvgIpc) is 3.88. The molecule has 4 aliphatic heterocycles. The fourth-order valence-corrected chi connectivity index (χ4v) is 8.46. The third-order valence-electron chi connectivity index (χ3n) is 10.2. The number of ether oxygens (including phenoxy) is 8. The summed E-state index contributed by atoms with van der Waals surface area (Å²) in [6, 6.07) is 20.8. The van der Waals surface area contributed by atoms with Crippen LogP contribution in [0, 0.1) is 0 Å². The molecule has 0 aliphatic carbocycles. The molecule has 2 aromatic heterocycles. The second-order valence-corrected chi connectivity index (χ2v) is 15.6. The summed E-state index contributed by atoms with van der Waals surface area (Å²) in [6.07, 6.45) is 6.22. The van der Waals surface area contributed by atoms with Crippen molar-refractivity contribution in [1.29, 1.82) is 0 Å². The van der Waals surface area contributed by atoms with Crippen LogP contribution in [0.25, 0.3) is 44.1 Å². The van der Waals surface area contributed by atoms with E-state index in [1.165, 1.54) is 33.6 Å². The van der Waals surface area contributed by atoms with E-state index in [0.29, 0.717) is 13.6 Å². The molecular weight excluding hydrogens is 813 g/mol. The summed E-state index contributed by atoms with van der Waals surface area (Å²) in [7, 11) is -4.19. The number of pyridine rings is 2. The molecule has 0 saturated heterocycles. The van der Waals surface area contributed by atoms with Crippen molar-refractivity contribution in [3.8, 4) is 68.5 Å². The van der Waals surface area contributed by atoms with Gasteiger partial charge in [-0.15, -0.1) is 0 Å². The Morgan fingerprint density at radius 2 is 0.932 bits per heavy atom. The van der Waals surface area contributed by atoms with Gasteiger partial charge in [-0.05, 0) is 70.4 Å². The highest BCUT2D eigenvalue weighted by Gasteiger charge is 2.30. The zero-order valence-electron chi connectivity index (χ0n) is 32.0. The Balaban J connectivity index is 0.000000137. The first kappa shape index (κ1) is 39.7. The van der Waals surface area contributed by atoms with Crippen molar-refractivity contribution in [2.24, 2.45) is 0 Å². The molecule has 6 heterocycles. The Hall–Kier alpha value is -6.12. The number of aryl methyl sites for hydroxylation is 4. The van der Waals surface area contributed by atoms with Gasteiger partial charge in [0.05, 0.1) is 50.3 Å². The van der Waals surface area contributed by atoms with Crippen LogP contribution in [0.3, 0.4) is 0 Å². The third kappa shape index (κ3) is 7.89. The van der Waals surface area contributed by atoms with Gasteiger partial charge in [-0.2, -0.15) is 12.8 Å². The summed E-state index contributed by atoms with van der Waals surface area (Å²) in [6.45, 7) is 2.43. The van der Waals surface area contributed by atoms with Gasteiger partial charge in [-0.1, -0.05) is 0 Å². The number of fused-ring (bicyclic) bond motifs is 10. The molecule has 0 bridgehead atoms. The summed E-state index contributed by atoms with van der Waals surface area (Å²) in [5.74, 6) is 6.36. The van der Waals surface area contributed by atoms with Crippen LogP contribution in [-0.4, -0.2) is 68.0 Å². The van der Waals surface area contributed by atoms with Gasteiger partial charge in [0.1, 0.15) is 0 Å².